The molecule has 142 valence electrons. The molecule has 0 bridgehead atoms. The summed E-state index contributed by atoms with van der Waals surface area (Å²) in [6.45, 7) is 0. The minimum atomic E-state index is -3.17. The molecule has 2 aromatic carbocycles. The van der Waals surface area contributed by atoms with Crippen molar-refractivity contribution in [2.75, 3.05) is 28.4 Å². The van der Waals surface area contributed by atoms with Crippen molar-refractivity contribution in [3.05, 3.63) is 52.5 Å². The number of sulfone groups is 1. The number of hydrogen-bond donors (Lipinski definition) is 0. The predicted octanol–water partition coefficient (Wildman–Crippen LogP) is 3.78. The van der Waals surface area contributed by atoms with Gasteiger partial charge in [0, 0.05) is 11.4 Å². The second-order valence-corrected chi connectivity index (χ2v) is 9.86. The van der Waals surface area contributed by atoms with Gasteiger partial charge in [-0.05, 0) is 54.7 Å². The first-order chi connectivity index (χ1) is 12.8. The minimum Gasteiger partial charge on any atom is -0.497 e. The molecule has 2 heterocycles. The topological polar surface area (TPSA) is 49.9 Å². The third-order valence-electron chi connectivity index (χ3n) is 4.90. The summed E-state index contributed by atoms with van der Waals surface area (Å²) in [4.78, 5) is 3.78. The number of hydrogen-bond acceptors (Lipinski definition) is 4. The Balaban J connectivity index is 1.78. The van der Waals surface area contributed by atoms with Gasteiger partial charge in [-0.2, -0.15) is 0 Å². The first-order valence-electron chi connectivity index (χ1n) is 8.23. The van der Waals surface area contributed by atoms with E-state index in [4.69, 9.17) is 40.2 Å². The average molecular weight is 443 g/mol. The molecule has 5 nitrogen and oxygen atoms in total. The molecule has 2 atom stereocenters. The molecule has 0 radical (unpaired) electrons. The fourth-order valence-corrected chi connectivity index (χ4v) is 6.38. The third-order valence-corrected chi connectivity index (χ3v) is 7.73. The highest BCUT2D eigenvalue weighted by atomic mass is 35.5. The molecule has 0 saturated carbocycles. The SMILES string of the molecule is COc1ccc(N2C(=S)N(c3ccc(Cl)c(Cl)c3)C3CS(=O)(=O)CC32)cc1. The molecule has 2 aromatic rings. The molecule has 9 heteroatoms. The fraction of sp³-hybridized carbons (Fsp3) is 0.278. The van der Waals surface area contributed by atoms with Crippen LogP contribution in [0, 0.1) is 0 Å². The quantitative estimate of drug-likeness (QED) is 0.674. The van der Waals surface area contributed by atoms with E-state index in [0.29, 0.717) is 15.2 Å². The van der Waals surface area contributed by atoms with Crippen molar-refractivity contribution in [2.45, 2.75) is 12.1 Å². The Morgan fingerprint density at radius 1 is 0.963 bits per heavy atom. The van der Waals surface area contributed by atoms with E-state index >= 15 is 0 Å². The van der Waals surface area contributed by atoms with Crippen LogP contribution in [0.15, 0.2) is 42.5 Å². The van der Waals surface area contributed by atoms with E-state index < -0.39 is 9.84 Å². The zero-order valence-corrected chi connectivity index (χ0v) is 17.4. The molecule has 2 aliphatic heterocycles. The van der Waals surface area contributed by atoms with Crippen molar-refractivity contribution in [1.29, 1.82) is 0 Å². The highest BCUT2D eigenvalue weighted by Gasteiger charge is 2.52. The maximum absolute atomic E-state index is 12.4. The van der Waals surface area contributed by atoms with Crippen LogP contribution in [-0.2, 0) is 9.84 Å². The number of halogens is 2. The Morgan fingerprint density at radius 2 is 1.52 bits per heavy atom. The molecule has 0 spiro atoms. The molecule has 2 aliphatic rings. The number of benzene rings is 2. The van der Waals surface area contributed by atoms with Crippen molar-refractivity contribution in [3.63, 3.8) is 0 Å². The Bertz CT molecular complexity index is 1010. The standard InChI is InChI=1S/C18H16Cl2N2O3S2/c1-25-13-5-2-11(3-6-13)21-16-9-27(23,24)10-17(16)22(18(21)26)12-4-7-14(19)15(20)8-12/h2-8,16-17H,9-10H2,1H3. The van der Waals surface area contributed by atoms with Crippen LogP contribution in [-0.4, -0.2) is 44.2 Å². The van der Waals surface area contributed by atoms with E-state index in [9.17, 15) is 8.42 Å². The number of fused-ring (bicyclic) bond motifs is 1. The monoisotopic (exact) mass is 442 g/mol. The van der Waals surface area contributed by atoms with Gasteiger partial charge in [0.15, 0.2) is 14.9 Å². The summed E-state index contributed by atoms with van der Waals surface area (Å²) in [5, 5.41) is 1.38. The van der Waals surface area contributed by atoms with Crippen LogP contribution in [0.4, 0.5) is 11.4 Å². The van der Waals surface area contributed by atoms with E-state index in [-0.39, 0.29) is 23.6 Å². The molecule has 2 unspecified atom stereocenters. The van der Waals surface area contributed by atoms with Crippen LogP contribution < -0.4 is 14.5 Å². The fourth-order valence-electron chi connectivity index (χ4n) is 3.69. The van der Waals surface area contributed by atoms with Crippen LogP contribution in [0.25, 0.3) is 0 Å². The van der Waals surface area contributed by atoms with E-state index in [1.807, 2.05) is 34.1 Å². The van der Waals surface area contributed by atoms with Gasteiger partial charge < -0.3 is 14.5 Å². The largest absolute Gasteiger partial charge is 0.497 e. The predicted molar refractivity (Wildman–Crippen MR) is 113 cm³/mol. The van der Waals surface area contributed by atoms with E-state index in [1.165, 1.54) is 0 Å². The first kappa shape index (κ1) is 18.8. The van der Waals surface area contributed by atoms with Crippen LogP contribution in [0.5, 0.6) is 5.75 Å². The highest BCUT2D eigenvalue weighted by molar-refractivity contribution is 7.91. The molecular weight excluding hydrogens is 427 g/mol. The van der Waals surface area contributed by atoms with E-state index in [1.54, 1.807) is 25.3 Å². The summed E-state index contributed by atoms with van der Waals surface area (Å²) in [7, 11) is -1.57. The normalized spacial score (nSPS) is 23.6. The second-order valence-electron chi connectivity index (χ2n) is 6.53. The number of rotatable bonds is 3. The van der Waals surface area contributed by atoms with Crippen molar-refractivity contribution in [1.82, 2.24) is 0 Å². The van der Waals surface area contributed by atoms with Gasteiger partial charge in [0.1, 0.15) is 5.75 Å². The van der Waals surface area contributed by atoms with Gasteiger partial charge in [0.05, 0.1) is 40.7 Å². The van der Waals surface area contributed by atoms with Crippen LogP contribution in [0.3, 0.4) is 0 Å². The van der Waals surface area contributed by atoms with E-state index in [0.717, 1.165) is 17.1 Å². The molecule has 2 saturated heterocycles. The summed E-state index contributed by atoms with van der Waals surface area (Å²) in [5.41, 5.74) is 1.56. The lowest BCUT2D eigenvalue weighted by atomic mass is 10.1. The molecule has 0 N–H and O–H groups in total. The first-order valence-corrected chi connectivity index (χ1v) is 11.2. The Labute approximate surface area is 173 Å². The van der Waals surface area contributed by atoms with Crippen molar-refractivity contribution < 1.29 is 13.2 Å². The van der Waals surface area contributed by atoms with Gasteiger partial charge in [-0.15, -0.1) is 0 Å². The van der Waals surface area contributed by atoms with Crippen molar-refractivity contribution in [3.8, 4) is 5.75 Å². The van der Waals surface area contributed by atoms with Gasteiger partial charge >= 0.3 is 0 Å². The van der Waals surface area contributed by atoms with Gasteiger partial charge in [0.2, 0.25) is 0 Å². The summed E-state index contributed by atoms with van der Waals surface area (Å²) in [6, 6.07) is 12.1. The van der Waals surface area contributed by atoms with Crippen molar-refractivity contribution >= 4 is 61.7 Å². The highest BCUT2D eigenvalue weighted by Crippen LogP contribution is 2.39. The molecule has 2 fully saturated rings. The number of methoxy groups -OCH3 is 1. The van der Waals surface area contributed by atoms with Gasteiger partial charge in [-0.25, -0.2) is 8.42 Å². The van der Waals surface area contributed by atoms with Gasteiger partial charge in [0.25, 0.3) is 0 Å². The van der Waals surface area contributed by atoms with E-state index in [2.05, 4.69) is 0 Å². The number of ether oxygens (including phenoxy) is 1. The summed E-state index contributed by atoms with van der Waals surface area (Å²) >= 11 is 18.0. The lowest BCUT2D eigenvalue weighted by molar-refractivity contribution is 0.415. The Hall–Kier alpha value is -1.54. The molecule has 0 aromatic heterocycles. The summed E-state index contributed by atoms with van der Waals surface area (Å²) in [6.07, 6.45) is 0. The third kappa shape index (κ3) is 3.27. The van der Waals surface area contributed by atoms with Gasteiger partial charge in [-0.1, -0.05) is 23.2 Å². The maximum atomic E-state index is 12.4. The number of thiocarbonyl (C=S) groups is 1. The summed E-state index contributed by atoms with van der Waals surface area (Å²) < 4.78 is 29.9. The van der Waals surface area contributed by atoms with Crippen LogP contribution in [0.2, 0.25) is 10.0 Å². The number of nitrogens with zero attached hydrogens (tertiary/aromatic N) is 2. The lowest BCUT2D eigenvalue weighted by Crippen LogP contribution is -2.37. The zero-order valence-electron chi connectivity index (χ0n) is 14.3. The Morgan fingerprint density at radius 3 is 2.07 bits per heavy atom. The molecule has 4 rings (SSSR count). The number of anilines is 2. The minimum absolute atomic E-state index is 0.0463. The molecule has 0 amide bonds. The van der Waals surface area contributed by atoms with Gasteiger partial charge in [-0.3, -0.25) is 0 Å². The average Bonchev–Trinajstić information content (AvgIpc) is 3.06. The van der Waals surface area contributed by atoms with Crippen molar-refractivity contribution in [2.24, 2.45) is 0 Å². The molecular formula is C18H16Cl2N2O3S2. The Kier molecular flexibility index (Phi) is 4.74. The van der Waals surface area contributed by atoms with Crippen LogP contribution in [0.1, 0.15) is 0 Å². The molecule has 0 aliphatic carbocycles. The molecule has 27 heavy (non-hydrogen) atoms. The second kappa shape index (κ2) is 6.81. The smallest absolute Gasteiger partial charge is 0.181 e. The summed E-state index contributed by atoms with van der Waals surface area (Å²) in [5.74, 6) is 0.826. The maximum Gasteiger partial charge on any atom is 0.181 e. The lowest BCUT2D eigenvalue weighted by Gasteiger charge is -2.26. The van der Waals surface area contributed by atoms with Crippen LogP contribution >= 0.6 is 35.4 Å². The zero-order chi connectivity index (χ0) is 19.3.